The average Bonchev–Trinajstić information content (AvgIpc) is 2.53. The van der Waals surface area contributed by atoms with E-state index in [0.717, 1.165) is 36.1 Å². The van der Waals surface area contributed by atoms with Gasteiger partial charge in [0.2, 0.25) is 5.56 Å². The lowest BCUT2D eigenvalue weighted by molar-refractivity contribution is 0.0931. The van der Waals surface area contributed by atoms with Crippen LogP contribution in [-0.2, 0) is 13.5 Å². The summed E-state index contributed by atoms with van der Waals surface area (Å²) >= 11 is 0. The number of hydrogen-bond donors (Lipinski definition) is 1. The van der Waals surface area contributed by atoms with Crippen LogP contribution in [0.1, 0.15) is 46.1 Å². The van der Waals surface area contributed by atoms with E-state index in [9.17, 15) is 14.0 Å². The maximum atomic E-state index is 13.4. The van der Waals surface area contributed by atoms with E-state index in [2.05, 4.69) is 5.32 Å². The Hall–Kier alpha value is -2.43. The maximum absolute atomic E-state index is 13.4. The van der Waals surface area contributed by atoms with E-state index in [0.29, 0.717) is 5.56 Å². The van der Waals surface area contributed by atoms with Gasteiger partial charge in [-0.1, -0.05) is 6.07 Å². The summed E-state index contributed by atoms with van der Waals surface area (Å²) in [7, 11) is 1.75. The van der Waals surface area contributed by atoms with Gasteiger partial charge in [-0.3, -0.25) is 9.59 Å². The molecule has 0 saturated heterocycles. The number of nitrogens with zero attached hydrogens (tertiary/aromatic N) is 1. The quantitative estimate of drug-likeness (QED) is 0.926. The Kier molecular flexibility index (Phi) is 4.03. The Balaban J connectivity index is 1.91. The maximum Gasteiger partial charge on any atom is 0.252 e. The Morgan fingerprint density at radius 3 is 2.87 bits per heavy atom. The van der Waals surface area contributed by atoms with Gasteiger partial charge >= 0.3 is 0 Å². The molecular weight excluding hydrogens is 295 g/mol. The van der Waals surface area contributed by atoms with Crippen LogP contribution in [0, 0.1) is 12.7 Å². The van der Waals surface area contributed by atoms with Gasteiger partial charge < -0.3 is 9.88 Å². The second-order valence-corrected chi connectivity index (χ2v) is 6.01. The van der Waals surface area contributed by atoms with E-state index >= 15 is 0 Å². The summed E-state index contributed by atoms with van der Waals surface area (Å²) in [6, 6.07) is 7.37. The highest BCUT2D eigenvalue weighted by Gasteiger charge is 2.24. The highest BCUT2D eigenvalue weighted by Crippen LogP contribution is 2.28. The summed E-state index contributed by atoms with van der Waals surface area (Å²) in [5.74, 6) is -0.708. The molecule has 1 heterocycles. The molecule has 1 aliphatic rings. The van der Waals surface area contributed by atoms with Crippen molar-refractivity contribution in [2.75, 3.05) is 0 Å². The Labute approximate surface area is 134 Å². The molecule has 1 atom stereocenters. The molecule has 0 bridgehead atoms. The van der Waals surface area contributed by atoms with Gasteiger partial charge in [-0.25, -0.2) is 4.39 Å². The minimum Gasteiger partial charge on any atom is -0.345 e. The first-order valence-electron chi connectivity index (χ1n) is 7.73. The van der Waals surface area contributed by atoms with Crippen LogP contribution >= 0.6 is 0 Å². The van der Waals surface area contributed by atoms with Crippen LogP contribution < -0.4 is 10.9 Å². The van der Waals surface area contributed by atoms with Gasteiger partial charge in [0.1, 0.15) is 5.82 Å². The molecule has 0 radical (unpaired) electrons. The summed E-state index contributed by atoms with van der Waals surface area (Å²) in [4.78, 5) is 24.3. The molecule has 3 rings (SSSR count). The molecule has 0 fully saturated rings. The van der Waals surface area contributed by atoms with Crippen molar-refractivity contribution in [3.8, 4) is 0 Å². The van der Waals surface area contributed by atoms with Crippen LogP contribution in [-0.4, -0.2) is 10.5 Å². The van der Waals surface area contributed by atoms with Crippen LogP contribution in [0.5, 0.6) is 0 Å². The Bertz CT molecular complexity index is 826. The summed E-state index contributed by atoms with van der Waals surface area (Å²) < 4.78 is 15.0. The zero-order valence-electron chi connectivity index (χ0n) is 13.2. The van der Waals surface area contributed by atoms with E-state index in [1.165, 1.54) is 18.2 Å². The molecule has 23 heavy (non-hydrogen) atoms. The number of carbonyl (C=O) groups excluding carboxylic acids is 1. The first kappa shape index (κ1) is 15.5. The summed E-state index contributed by atoms with van der Waals surface area (Å²) in [6.07, 6.45) is 2.54. The lowest BCUT2D eigenvalue weighted by Gasteiger charge is -2.28. The SMILES string of the molecule is Cc1ccc(F)cc1C(=O)N[C@H]1CCCc2c1ccc(=O)n2C. The number of pyridine rings is 1. The summed E-state index contributed by atoms with van der Waals surface area (Å²) in [5, 5.41) is 2.99. The van der Waals surface area contributed by atoms with Crippen molar-refractivity contribution in [2.45, 2.75) is 32.2 Å². The molecule has 0 spiro atoms. The van der Waals surface area contributed by atoms with Crippen LogP contribution in [0.2, 0.25) is 0 Å². The molecule has 1 aliphatic carbocycles. The van der Waals surface area contributed by atoms with Crippen LogP contribution in [0.4, 0.5) is 4.39 Å². The third-order valence-corrected chi connectivity index (χ3v) is 4.51. The molecule has 4 nitrogen and oxygen atoms in total. The molecule has 1 N–H and O–H groups in total. The van der Waals surface area contributed by atoms with Crippen LogP contribution in [0.3, 0.4) is 0 Å². The van der Waals surface area contributed by atoms with Gasteiger partial charge in [0.05, 0.1) is 6.04 Å². The number of fused-ring (bicyclic) bond motifs is 1. The second-order valence-electron chi connectivity index (χ2n) is 6.01. The van der Waals surface area contributed by atoms with Crippen molar-refractivity contribution in [3.63, 3.8) is 0 Å². The predicted octanol–water partition coefficient (Wildman–Crippen LogP) is 2.64. The van der Waals surface area contributed by atoms with Crippen molar-refractivity contribution in [3.05, 3.63) is 68.9 Å². The number of aromatic nitrogens is 1. The predicted molar refractivity (Wildman–Crippen MR) is 86.0 cm³/mol. The lowest BCUT2D eigenvalue weighted by Crippen LogP contribution is -2.34. The number of halogens is 1. The number of benzene rings is 1. The smallest absolute Gasteiger partial charge is 0.252 e. The summed E-state index contributed by atoms with van der Waals surface area (Å²) in [5.41, 5.74) is 2.98. The number of rotatable bonds is 2. The van der Waals surface area contributed by atoms with Crippen molar-refractivity contribution < 1.29 is 9.18 Å². The number of amides is 1. The number of hydrogen-bond acceptors (Lipinski definition) is 2. The molecule has 5 heteroatoms. The lowest BCUT2D eigenvalue weighted by atomic mass is 9.90. The third kappa shape index (κ3) is 2.91. The van der Waals surface area contributed by atoms with Crippen LogP contribution in [0.15, 0.2) is 35.1 Å². The molecule has 0 aliphatic heterocycles. The Morgan fingerprint density at radius 2 is 2.09 bits per heavy atom. The van der Waals surface area contributed by atoms with Gasteiger partial charge in [0.15, 0.2) is 0 Å². The first-order chi connectivity index (χ1) is 11.0. The zero-order chi connectivity index (χ0) is 16.6. The minimum atomic E-state index is -0.424. The van der Waals surface area contributed by atoms with Crippen molar-refractivity contribution in [2.24, 2.45) is 7.05 Å². The molecule has 1 aromatic carbocycles. The van der Waals surface area contributed by atoms with E-state index in [1.54, 1.807) is 30.7 Å². The van der Waals surface area contributed by atoms with E-state index in [-0.39, 0.29) is 17.5 Å². The van der Waals surface area contributed by atoms with Gasteiger partial charge in [-0.15, -0.1) is 0 Å². The fourth-order valence-electron chi connectivity index (χ4n) is 3.18. The Morgan fingerprint density at radius 1 is 1.30 bits per heavy atom. The fraction of sp³-hybridized carbons (Fsp3) is 0.333. The molecule has 0 saturated carbocycles. The monoisotopic (exact) mass is 314 g/mol. The van der Waals surface area contributed by atoms with Crippen LogP contribution in [0.25, 0.3) is 0 Å². The van der Waals surface area contributed by atoms with E-state index in [4.69, 9.17) is 0 Å². The summed E-state index contributed by atoms with van der Waals surface area (Å²) in [6.45, 7) is 1.78. The van der Waals surface area contributed by atoms with Crippen molar-refractivity contribution in [1.82, 2.24) is 9.88 Å². The molecule has 120 valence electrons. The number of carbonyl (C=O) groups is 1. The molecule has 0 unspecified atom stereocenters. The highest BCUT2D eigenvalue weighted by molar-refractivity contribution is 5.95. The topological polar surface area (TPSA) is 51.1 Å². The van der Waals surface area contributed by atoms with Gasteiger partial charge in [0.25, 0.3) is 5.91 Å². The van der Waals surface area contributed by atoms with Gasteiger partial charge in [-0.2, -0.15) is 0 Å². The first-order valence-corrected chi connectivity index (χ1v) is 7.73. The minimum absolute atomic E-state index is 0.0447. The van der Waals surface area contributed by atoms with E-state index < -0.39 is 5.82 Å². The molecule has 1 aromatic heterocycles. The number of aryl methyl sites for hydroxylation is 1. The van der Waals surface area contributed by atoms with Crippen molar-refractivity contribution in [1.29, 1.82) is 0 Å². The molecular formula is C18H19FN2O2. The highest BCUT2D eigenvalue weighted by atomic mass is 19.1. The second kappa shape index (κ2) is 5.99. The van der Waals surface area contributed by atoms with E-state index in [1.807, 2.05) is 0 Å². The standard InChI is InChI=1S/C18H19FN2O2/c1-11-6-7-12(19)10-14(11)18(23)20-15-4-3-5-16-13(15)8-9-17(22)21(16)2/h6-10,15H,3-5H2,1-2H3,(H,20,23)/t15-/m0/s1. The zero-order valence-corrected chi connectivity index (χ0v) is 13.2. The average molecular weight is 314 g/mol. The fourth-order valence-corrected chi connectivity index (χ4v) is 3.18. The largest absolute Gasteiger partial charge is 0.345 e. The molecule has 2 aromatic rings. The number of nitrogens with one attached hydrogen (secondary N) is 1. The van der Waals surface area contributed by atoms with Gasteiger partial charge in [0, 0.05) is 24.4 Å². The van der Waals surface area contributed by atoms with Crippen molar-refractivity contribution >= 4 is 5.91 Å². The normalized spacial score (nSPS) is 16.7. The molecule has 1 amide bonds. The third-order valence-electron chi connectivity index (χ3n) is 4.51. The van der Waals surface area contributed by atoms with Gasteiger partial charge in [-0.05, 0) is 55.5 Å².